The minimum absolute atomic E-state index is 0.106. The van der Waals surface area contributed by atoms with Crippen LogP contribution in [0.25, 0.3) is 0 Å². The monoisotopic (exact) mass is 278 g/mol. The van der Waals surface area contributed by atoms with Crippen LogP contribution >= 0.6 is 19.1 Å². The van der Waals surface area contributed by atoms with Gasteiger partial charge in [-0.3, -0.25) is 0 Å². The standard InChI is InChI=1S/C5H14N2.2ClH.Pd/c1-4(6)3-5(2)7;;;/h4-5H,3,6-7H2,1-2H3;2*1H;/q;;;+2/p-2. The molecule has 0 saturated heterocycles. The zero-order valence-electron chi connectivity index (χ0n) is 6.09. The van der Waals surface area contributed by atoms with Gasteiger partial charge in [0, 0.05) is 12.1 Å². The molecule has 0 aliphatic heterocycles. The Morgan fingerprint density at radius 2 is 1.40 bits per heavy atom. The van der Waals surface area contributed by atoms with Gasteiger partial charge in [-0.15, -0.1) is 0 Å². The van der Waals surface area contributed by atoms with Crippen molar-refractivity contribution in [3.63, 3.8) is 0 Å². The van der Waals surface area contributed by atoms with Gasteiger partial charge in [0.05, 0.1) is 0 Å². The van der Waals surface area contributed by atoms with E-state index in [0.29, 0.717) is 0 Å². The third-order valence-electron chi connectivity index (χ3n) is 0.744. The van der Waals surface area contributed by atoms with Crippen molar-refractivity contribution >= 4 is 19.1 Å². The van der Waals surface area contributed by atoms with Crippen LogP contribution in [0, 0.1) is 0 Å². The van der Waals surface area contributed by atoms with E-state index in [0.717, 1.165) is 6.42 Å². The van der Waals surface area contributed by atoms with Crippen molar-refractivity contribution in [3.05, 3.63) is 0 Å². The van der Waals surface area contributed by atoms with Crippen LogP contribution in [0.4, 0.5) is 0 Å². The van der Waals surface area contributed by atoms with Crippen LogP contribution in [0.2, 0.25) is 0 Å². The number of halogens is 2. The van der Waals surface area contributed by atoms with Gasteiger partial charge >= 0.3 is 35.0 Å². The second-order valence-corrected chi connectivity index (χ2v) is 4.60. The fraction of sp³-hybridized carbons (Fsp3) is 1.00. The van der Waals surface area contributed by atoms with Crippen LogP contribution in [-0.2, 0) is 15.9 Å². The molecule has 10 heavy (non-hydrogen) atoms. The first-order valence-electron chi connectivity index (χ1n) is 2.88. The van der Waals surface area contributed by atoms with Crippen molar-refractivity contribution in [2.24, 2.45) is 11.5 Å². The maximum atomic E-state index is 5.41. The molecule has 68 valence electrons. The Kier molecular flexibility index (Phi) is 14.0. The predicted molar refractivity (Wildman–Crippen MR) is 43.6 cm³/mol. The van der Waals surface area contributed by atoms with Crippen molar-refractivity contribution < 1.29 is 15.9 Å². The topological polar surface area (TPSA) is 52.0 Å². The Morgan fingerprint density at radius 3 is 1.40 bits per heavy atom. The van der Waals surface area contributed by atoms with Gasteiger partial charge in [0.2, 0.25) is 0 Å². The third-order valence-corrected chi connectivity index (χ3v) is 0.744. The molecule has 0 saturated carbocycles. The molecule has 4 N–H and O–H groups in total. The Labute approximate surface area is 78.7 Å². The molecule has 0 aliphatic rings. The summed E-state index contributed by atoms with van der Waals surface area (Å²) in [5.74, 6) is 0. The molecule has 0 fully saturated rings. The number of rotatable bonds is 2. The summed E-state index contributed by atoms with van der Waals surface area (Å²) in [7, 11) is 9.63. The first-order valence-corrected chi connectivity index (χ1v) is 6.88. The Hall–Kier alpha value is 1.16. The molecule has 2 atom stereocenters. The van der Waals surface area contributed by atoms with Crippen LogP contribution in [-0.4, -0.2) is 12.1 Å². The molecule has 0 aliphatic carbocycles. The minimum atomic E-state index is -0.106. The van der Waals surface area contributed by atoms with Crippen molar-refractivity contribution in [1.29, 1.82) is 0 Å². The van der Waals surface area contributed by atoms with Gasteiger partial charge in [-0.1, -0.05) is 0 Å². The van der Waals surface area contributed by atoms with E-state index in [1.165, 1.54) is 0 Å². The van der Waals surface area contributed by atoms with E-state index in [2.05, 4.69) is 0 Å². The van der Waals surface area contributed by atoms with Crippen LogP contribution in [0.3, 0.4) is 0 Å². The molecule has 0 rings (SSSR count). The van der Waals surface area contributed by atoms with Crippen molar-refractivity contribution in [1.82, 2.24) is 0 Å². The first-order chi connectivity index (χ1) is 4.54. The molecule has 5 heteroatoms. The van der Waals surface area contributed by atoms with Crippen LogP contribution < -0.4 is 11.5 Å². The van der Waals surface area contributed by atoms with E-state index in [1.807, 2.05) is 13.8 Å². The van der Waals surface area contributed by atoms with Gasteiger partial charge in [-0.25, -0.2) is 0 Å². The molecule has 2 nitrogen and oxygen atoms in total. The van der Waals surface area contributed by atoms with E-state index in [1.54, 1.807) is 0 Å². The summed E-state index contributed by atoms with van der Waals surface area (Å²) in [6.07, 6.45) is 0.917. The Balaban J connectivity index is 0. The summed E-state index contributed by atoms with van der Waals surface area (Å²) < 4.78 is 0. The fourth-order valence-corrected chi connectivity index (χ4v) is 0.586. The molecular formula is C5H14Cl2N2Pd. The van der Waals surface area contributed by atoms with Gasteiger partial charge in [0.1, 0.15) is 0 Å². The summed E-state index contributed by atoms with van der Waals surface area (Å²) in [6, 6.07) is 0.500. The van der Waals surface area contributed by atoms with E-state index >= 15 is 0 Å². The summed E-state index contributed by atoms with van der Waals surface area (Å²) in [5.41, 5.74) is 10.8. The summed E-state index contributed by atoms with van der Waals surface area (Å²) in [4.78, 5) is 0. The molecule has 0 amide bonds. The first kappa shape index (κ1) is 13.7. The molecule has 0 heterocycles. The molecular weight excluding hydrogens is 265 g/mol. The number of hydrogen-bond donors (Lipinski definition) is 2. The van der Waals surface area contributed by atoms with E-state index in [9.17, 15) is 0 Å². The van der Waals surface area contributed by atoms with Crippen molar-refractivity contribution in [3.8, 4) is 0 Å². The zero-order chi connectivity index (χ0) is 8.57. The number of nitrogens with two attached hydrogens (primary N) is 2. The van der Waals surface area contributed by atoms with Crippen LogP contribution in [0.15, 0.2) is 0 Å². The Bertz CT molecular complexity index is 55.6. The summed E-state index contributed by atoms with van der Waals surface area (Å²) >= 11 is -0.106. The normalized spacial score (nSPS) is 15.4. The van der Waals surface area contributed by atoms with Gasteiger partial charge in [-0.2, -0.15) is 0 Å². The number of hydrogen-bond acceptors (Lipinski definition) is 2. The third kappa shape index (κ3) is 22.9. The average molecular weight is 280 g/mol. The predicted octanol–water partition coefficient (Wildman–Crippen LogP) is 1.45. The molecule has 0 aromatic carbocycles. The quantitative estimate of drug-likeness (QED) is 0.752. The van der Waals surface area contributed by atoms with Gasteiger partial charge in [0.15, 0.2) is 0 Å². The molecule has 0 aromatic heterocycles. The van der Waals surface area contributed by atoms with Gasteiger partial charge < -0.3 is 11.5 Å². The average Bonchev–Trinajstić information content (AvgIpc) is 1.62. The van der Waals surface area contributed by atoms with E-state index < -0.39 is 0 Å². The van der Waals surface area contributed by atoms with Gasteiger partial charge in [-0.05, 0) is 20.3 Å². The van der Waals surface area contributed by atoms with Gasteiger partial charge in [0.25, 0.3) is 0 Å². The summed E-state index contributed by atoms with van der Waals surface area (Å²) in [5, 5.41) is 0. The van der Waals surface area contributed by atoms with Crippen molar-refractivity contribution in [2.75, 3.05) is 0 Å². The molecule has 0 bridgehead atoms. The Morgan fingerprint density at radius 1 is 1.20 bits per heavy atom. The summed E-state index contributed by atoms with van der Waals surface area (Å²) in [6.45, 7) is 3.92. The van der Waals surface area contributed by atoms with Crippen LogP contribution in [0.5, 0.6) is 0 Å². The second kappa shape index (κ2) is 10.2. The molecule has 0 aromatic rings. The second-order valence-electron chi connectivity index (χ2n) is 2.24. The molecule has 0 spiro atoms. The SMILES string of the molecule is CC(N)CC(C)N.[Cl][Pd][Cl]. The fourth-order valence-electron chi connectivity index (χ4n) is 0.586. The van der Waals surface area contributed by atoms with E-state index in [4.69, 9.17) is 30.5 Å². The molecule has 2 unspecified atom stereocenters. The zero-order valence-corrected chi connectivity index (χ0v) is 9.16. The maximum absolute atomic E-state index is 5.41. The van der Waals surface area contributed by atoms with Crippen molar-refractivity contribution in [2.45, 2.75) is 32.4 Å². The van der Waals surface area contributed by atoms with E-state index in [-0.39, 0.29) is 28.0 Å². The molecule has 0 radical (unpaired) electrons. The van der Waals surface area contributed by atoms with Crippen LogP contribution in [0.1, 0.15) is 20.3 Å².